The predicted octanol–water partition coefficient (Wildman–Crippen LogP) is 12.0. The van der Waals surface area contributed by atoms with E-state index in [1.54, 1.807) is 24.3 Å². The maximum absolute atomic E-state index is 11.9. The van der Waals surface area contributed by atoms with Crippen LogP contribution in [-0.4, -0.2) is 40.2 Å². The lowest BCUT2D eigenvalue weighted by atomic mass is 9.94. The first kappa shape index (κ1) is 38.6. The van der Waals surface area contributed by atoms with Crippen LogP contribution in [0.3, 0.4) is 0 Å². The van der Waals surface area contributed by atoms with Crippen LogP contribution in [0.25, 0.3) is 33.4 Å². The molecule has 2 aromatic heterocycles. The standard InChI is InChI=1S/C43H52Cl2N6O2/c1-3-5-7-9-11-13-15-17-30-23-32(42(52)40(25-30)50-46-36-21-19-34(44)28-38(36)48-50)27-33-24-31(18-16-14-12-10-8-6-4-2)26-41(43(33)53)51-47-37-22-20-35(45)29-39(37)49-51/h19-26,28-29,52-53H,3-18,27H2,1-2H3. The van der Waals surface area contributed by atoms with Crippen molar-refractivity contribution in [1.29, 1.82) is 0 Å². The molecule has 0 radical (unpaired) electrons. The second-order valence-corrected chi connectivity index (χ2v) is 15.3. The summed E-state index contributed by atoms with van der Waals surface area (Å²) in [5.74, 6) is 0.159. The molecule has 0 saturated carbocycles. The number of phenols is 2. The van der Waals surface area contributed by atoms with Gasteiger partial charge in [0.25, 0.3) is 0 Å². The minimum Gasteiger partial charge on any atom is -0.505 e. The fourth-order valence-corrected chi connectivity index (χ4v) is 7.45. The fourth-order valence-electron chi connectivity index (χ4n) is 7.12. The number of nitrogens with zero attached hydrogens (tertiary/aromatic N) is 6. The lowest BCUT2D eigenvalue weighted by Crippen LogP contribution is -2.06. The van der Waals surface area contributed by atoms with Gasteiger partial charge in [0.15, 0.2) is 0 Å². The van der Waals surface area contributed by atoms with E-state index in [2.05, 4.69) is 26.0 Å². The summed E-state index contributed by atoms with van der Waals surface area (Å²) >= 11 is 12.5. The van der Waals surface area contributed by atoms with Gasteiger partial charge in [0, 0.05) is 27.6 Å². The molecular weight excluding hydrogens is 703 g/mol. The Morgan fingerprint density at radius 1 is 0.472 bits per heavy atom. The summed E-state index contributed by atoms with van der Waals surface area (Å²) in [6.45, 7) is 4.48. The monoisotopic (exact) mass is 754 g/mol. The van der Waals surface area contributed by atoms with E-state index in [4.69, 9.17) is 43.6 Å². The summed E-state index contributed by atoms with van der Waals surface area (Å²) in [7, 11) is 0. The van der Waals surface area contributed by atoms with Crippen LogP contribution in [0.15, 0.2) is 60.7 Å². The normalized spacial score (nSPS) is 11.7. The number of halogens is 2. The Labute approximate surface area is 323 Å². The third-order valence-electron chi connectivity index (χ3n) is 10.1. The van der Waals surface area contributed by atoms with Crippen LogP contribution in [0.1, 0.15) is 126 Å². The van der Waals surface area contributed by atoms with E-state index in [-0.39, 0.29) is 11.5 Å². The number of phenolic OH excluding ortho intramolecular Hbond substituents is 2. The first-order valence-electron chi connectivity index (χ1n) is 19.6. The van der Waals surface area contributed by atoms with Gasteiger partial charge < -0.3 is 10.2 Å². The summed E-state index contributed by atoms with van der Waals surface area (Å²) in [4.78, 5) is 3.00. The molecule has 6 rings (SSSR count). The highest BCUT2D eigenvalue weighted by Crippen LogP contribution is 2.36. The Kier molecular flexibility index (Phi) is 13.7. The van der Waals surface area contributed by atoms with Gasteiger partial charge in [-0.05, 0) is 85.3 Å². The van der Waals surface area contributed by atoms with Crippen molar-refractivity contribution < 1.29 is 10.2 Å². The Morgan fingerprint density at radius 3 is 1.26 bits per heavy atom. The molecular formula is C43H52Cl2N6O2. The number of aromatic nitrogens is 6. The summed E-state index contributed by atoms with van der Waals surface area (Å²) in [6.07, 6.45) is 19.0. The highest BCUT2D eigenvalue weighted by molar-refractivity contribution is 6.31. The molecule has 0 aliphatic heterocycles. The van der Waals surface area contributed by atoms with E-state index in [1.807, 2.05) is 24.3 Å². The number of hydrogen-bond donors (Lipinski definition) is 2. The molecule has 0 aliphatic rings. The maximum Gasteiger partial charge on any atom is 0.146 e. The molecule has 0 unspecified atom stereocenters. The van der Waals surface area contributed by atoms with Gasteiger partial charge in [0.05, 0.1) is 0 Å². The third kappa shape index (κ3) is 10.1. The van der Waals surface area contributed by atoms with Crippen LogP contribution in [0.2, 0.25) is 10.0 Å². The lowest BCUT2D eigenvalue weighted by Gasteiger charge is -2.16. The minimum absolute atomic E-state index is 0.0794. The second kappa shape index (κ2) is 18.8. The van der Waals surface area contributed by atoms with Gasteiger partial charge in [-0.3, -0.25) is 0 Å². The predicted molar refractivity (Wildman–Crippen MR) is 217 cm³/mol. The van der Waals surface area contributed by atoms with Crippen molar-refractivity contribution in [3.8, 4) is 22.9 Å². The van der Waals surface area contributed by atoms with Crippen molar-refractivity contribution in [3.05, 3.63) is 93.0 Å². The summed E-state index contributed by atoms with van der Waals surface area (Å²) in [5.41, 5.74) is 7.26. The zero-order valence-corrected chi connectivity index (χ0v) is 32.6. The molecule has 0 bridgehead atoms. The molecule has 10 heteroatoms. The fraction of sp³-hybridized carbons (Fsp3) is 0.442. The van der Waals surface area contributed by atoms with Gasteiger partial charge in [-0.1, -0.05) is 126 Å². The molecule has 0 saturated heterocycles. The summed E-state index contributed by atoms with van der Waals surface area (Å²) < 4.78 is 0. The molecule has 8 nitrogen and oxygen atoms in total. The van der Waals surface area contributed by atoms with Gasteiger partial charge in [-0.2, -0.15) is 0 Å². The third-order valence-corrected chi connectivity index (χ3v) is 10.6. The van der Waals surface area contributed by atoms with Gasteiger partial charge in [0.2, 0.25) is 0 Å². The SMILES string of the molecule is CCCCCCCCCc1cc(Cc2cc(CCCCCCCCC)cc(-n3nc4ccc(Cl)cc4n3)c2O)c(O)c(-n2nc3ccc(Cl)cc3n2)c1. The number of hydrogen-bond acceptors (Lipinski definition) is 6. The quantitative estimate of drug-likeness (QED) is 0.0752. The van der Waals surface area contributed by atoms with Crippen LogP contribution in [0.5, 0.6) is 11.5 Å². The lowest BCUT2D eigenvalue weighted by molar-refractivity contribution is 0.455. The van der Waals surface area contributed by atoms with Gasteiger partial charge in [-0.15, -0.1) is 30.0 Å². The zero-order chi connectivity index (χ0) is 37.2. The maximum atomic E-state index is 11.9. The van der Waals surface area contributed by atoms with Gasteiger partial charge >= 0.3 is 0 Å². The Hall–Kier alpha value is -4.14. The van der Waals surface area contributed by atoms with E-state index in [9.17, 15) is 10.2 Å². The zero-order valence-electron chi connectivity index (χ0n) is 31.1. The number of rotatable bonds is 20. The average Bonchev–Trinajstić information content (AvgIpc) is 3.76. The van der Waals surface area contributed by atoms with Crippen LogP contribution in [0, 0.1) is 0 Å². The van der Waals surface area contributed by atoms with Crippen molar-refractivity contribution in [2.24, 2.45) is 0 Å². The second-order valence-electron chi connectivity index (χ2n) is 14.4. The van der Waals surface area contributed by atoms with E-state index >= 15 is 0 Å². The van der Waals surface area contributed by atoms with Crippen molar-refractivity contribution in [3.63, 3.8) is 0 Å². The highest BCUT2D eigenvalue weighted by Gasteiger charge is 2.20. The van der Waals surface area contributed by atoms with Crippen LogP contribution >= 0.6 is 23.2 Å². The Balaban J connectivity index is 1.34. The van der Waals surface area contributed by atoms with E-state index in [1.165, 1.54) is 73.8 Å². The van der Waals surface area contributed by atoms with Gasteiger partial charge in [0.1, 0.15) is 44.9 Å². The van der Waals surface area contributed by atoms with Crippen molar-refractivity contribution in [2.75, 3.05) is 0 Å². The molecule has 6 aromatic rings. The van der Waals surface area contributed by atoms with E-state index < -0.39 is 0 Å². The molecule has 0 fully saturated rings. The van der Waals surface area contributed by atoms with Crippen LogP contribution < -0.4 is 0 Å². The van der Waals surface area contributed by atoms with Gasteiger partial charge in [-0.25, -0.2) is 0 Å². The number of benzene rings is 4. The molecule has 2 N–H and O–H groups in total. The molecule has 0 spiro atoms. The molecule has 0 atom stereocenters. The number of unbranched alkanes of at least 4 members (excludes halogenated alkanes) is 12. The topological polar surface area (TPSA) is 102 Å². The number of aromatic hydroxyl groups is 2. The molecule has 53 heavy (non-hydrogen) atoms. The average molecular weight is 756 g/mol. The minimum atomic E-state index is 0.0794. The highest BCUT2D eigenvalue weighted by atomic mass is 35.5. The Morgan fingerprint density at radius 2 is 0.849 bits per heavy atom. The number of aryl methyl sites for hydroxylation is 2. The first-order chi connectivity index (χ1) is 25.8. The molecule has 0 aliphatic carbocycles. The van der Waals surface area contributed by atoms with Crippen molar-refractivity contribution in [2.45, 2.75) is 123 Å². The molecule has 4 aromatic carbocycles. The van der Waals surface area contributed by atoms with E-state index in [0.717, 1.165) is 49.7 Å². The van der Waals surface area contributed by atoms with Crippen molar-refractivity contribution in [1.82, 2.24) is 30.0 Å². The van der Waals surface area contributed by atoms with Crippen LogP contribution in [-0.2, 0) is 19.3 Å². The smallest absolute Gasteiger partial charge is 0.146 e. The first-order valence-corrected chi connectivity index (χ1v) is 20.3. The largest absolute Gasteiger partial charge is 0.505 e. The summed E-state index contributed by atoms with van der Waals surface area (Å²) in [5, 5.41) is 43.7. The summed E-state index contributed by atoms with van der Waals surface area (Å²) in [6, 6.07) is 18.9. The Bertz CT molecular complexity index is 1970. The molecule has 2 heterocycles. The molecule has 280 valence electrons. The van der Waals surface area contributed by atoms with E-state index in [0.29, 0.717) is 61.0 Å². The van der Waals surface area contributed by atoms with Crippen LogP contribution in [0.4, 0.5) is 0 Å². The molecule has 0 amide bonds. The number of fused-ring (bicyclic) bond motifs is 2. The van der Waals surface area contributed by atoms with Crippen molar-refractivity contribution >= 4 is 45.3 Å².